The van der Waals surface area contributed by atoms with Crippen molar-refractivity contribution in [2.24, 2.45) is 17.3 Å². The summed E-state index contributed by atoms with van der Waals surface area (Å²) in [4.78, 5) is 12.9. The van der Waals surface area contributed by atoms with E-state index in [0.29, 0.717) is 12.8 Å². The first-order chi connectivity index (χ1) is 15.3. The van der Waals surface area contributed by atoms with Crippen molar-refractivity contribution < 1.29 is 15.0 Å². The Morgan fingerprint density at radius 3 is 2.59 bits per heavy atom. The molecule has 32 heavy (non-hydrogen) atoms. The monoisotopic (exact) mass is 434 g/mol. The minimum Gasteiger partial charge on any atom is -0.391 e. The molecule has 0 spiro atoms. The van der Waals surface area contributed by atoms with Gasteiger partial charge in [0.1, 0.15) is 5.78 Å². The van der Waals surface area contributed by atoms with Gasteiger partial charge in [-0.3, -0.25) is 4.79 Å². The standard InChI is InChI=1S/C29H38O3/c1-4-5-6-7-8-13-25-26(28(32)29(2,3)27(25)31)19-18-24(30)17-15-21-14-16-22-11-9-10-12-23(22)20-21/h7-12,14,16,18-20,24-26,28,30,32H,4-6,13,15,17H2,1-3H3/b8-7-,19-18+/t24?,25-,26-,28+/m1/s1. The van der Waals surface area contributed by atoms with E-state index in [1.165, 1.54) is 16.3 Å². The SMILES string of the molecule is CCCC/C=C\C[C@H]1C(=O)C(C)(C)[C@@H](O)[C@@H]1/C=C/C(O)CCc1ccc2ccccc2c1. The fraction of sp³-hybridized carbons (Fsp3) is 0.483. The number of carbonyl (C=O) groups is 1. The molecule has 0 radical (unpaired) electrons. The lowest BCUT2D eigenvalue weighted by Crippen LogP contribution is -2.31. The zero-order chi connectivity index (χ0) is 23.1. The number of ketones is 1. The zero-order valence-corrected chi connectivity index (χ0v) is 19.7. The molecule has 0 amide bonds. The average Bonchev–Trinajstić information content (AvgIpc) is 2.95. The topological polar surface area (TPSA) is 57.5 Å². The molecule has 0 aliphatic heterocycles. The number of allylic oxidation sites excluding steroid dienone is 2. The highest BCUT2D eigenvalue weighted by Gasteiger charge is 2.52. The molecule has 4 atom stereocenters. The van der Waals surface area contributed by atoms with Crippen LogP contribution in [0.2, 0.25) is 0 Å². The molecule has 2 aromatic carbocycles. The van der Waals surface area contributed by atoms with Crippen molar-refractivity contribution in [1.29, 1.82) is 0 Å². The molecule has 3 rings (SSSR count). The van der Waals surface area contributed by atoms with E-state index in [1.807, 2.05) is 32.1 Å². The molecule has 1 saturated carbocycles. The number of rotatable bonds is 10. The van der Waals surface area contributed by atoms with Gasteiger partial charge in [0.05, 0.1) is 17.6 Å². The first-order valence-corrected chi connectivity index (χ1v) is 12.1. The molecule has 0 heterocycles. The van der Waals surface area contributed by atoms with E-state index in [1.54, 1.807) is 6.08 Å². The highest BCUT2D eigenvalue weighted by molar-refractivity contribution is 5.90. The second-order valence-corrected chi connectivity index (χ2v) is 9.74. The first-order valence-electron chi connectivity index (χ1n) is 12.1. The molecule has 1 unspecified atom stereocenters. The number of aliphatic hydroxyl groups excluding tert-OH is 2. The van der Waals surface area contributed by atoms with Crippen LogP contribution in [0.4, 0.5) is 0 Å². The molecule has 3 heteroatoms. The van der Waals surface area contributed by atoms with Gasteiger partial charge < -0.3 is 10.2 Å². The van der Waals surface area contributed by atoms with E-state index in [4.69, 9.17) is 0 Å². The van der Waals surface area contributed by atoms with Crippen LogP contribution >= 0.6 is 0 Å². The maximum absolute atomic E-state index is 12.9. The Hall–Kier alpha value is -2.23. The van der Waals surface area contributed by atoms with Crippen LogP contribution in [0.1, 0.15) is 58.4 Å². The third-order valence-corrected chi connectivity index (χ3v) is 6.92. The molecule has 1 aliphatic rings. The lowest BCUT2D eigenvalue weighted by molar-refractivity contribution is -0.129. The molecule has 1 fully saturated rings. The Bertz CT molecular complexity index is 956. The van der Waals surface area contributed by atoms with Gasteiger partial charge in [0.25, 0.3) is 0 Å². The summed E-state index contributed by atoms with van der Waals surface area (Å²) in [5.41, 5.74) is 0.441. The van der Waals surface area contributed by atoms with Crippen LogP contribution < -0.4 is 0 Å². The molecule has 3 nitrogen and oxygen atoms in total. The smallest absolute Gasteiger partial charge is 0.145 e. The van der Waals surface area contributed by atoms with Gasteiger partial charge in [-0.1, -0.05) is 100 Å². The number of hydrogen-bond donors (Lipinski definition) is 2. The van der Waals surface area contributed by atoms with E-state index in [9.17, 15) is 15.0 Å². The van der Waals surface area contributed by atoms with Gasteiger partial charge in [0.15, 0.2) is 0 Å². The normalized spacial score (nSPS) is 24.2. The van der Waals surface area contributed by atoms with E-state index in [2.05, 4.69) is 49.4 Å². The number of fused-ring (bicyclic) bond motifs is 1. The molecule has 1 aliphatic carbocycles. The molecule has 2 aromatic rings. The number of hydrogen-bond acceptors (Lipinski definition) is 3. The van der Waals surface area contributed by atoms with Crippen LogP contribution in [0.25, 0.3) is 10.8 Å². The van der Waals surface area contributed by atoms with Gasteiger partial charge in [-0.2, -0.15) is 0 Å². The highest BCUT2D eigenvalue weighted by atomic mass is 16.3. The first kappa shape index (κ1) is 24.4. The molecule has 0 aromatic heterocycles. The van der Waals surface area contributed by atoms with Gasteiger partial charge in [-0.05, 0) is 42.0 Å². The van der Waals surface area contributed by atoms with Gasteiger partial charge >= 0.3 is 0 Å². The second-order valence-electron chi connectivity index (χ2n) is 9.74. The van der Waals surface area contributed by atoms with E-state index in [0.717, 1.165) is 25.7 Å². The summed E-state index contributed by atoms with van der Waals surface area (Å²) < 4.78 is 0. The fourth-order valence-electron chi connectivity index (χ4n) is 4.75. The number of aliphatic hydroxyl groups is 2. The predicted octanol–water partition coefficient (Wildman–Crippen LogP) is 6.03. The maximum atomic E-state index is 12.9. The van der Waals surface area contributed by atoms with E-state index in [-0.39, 0.29) is 17.6 Å². The molecule has 0 saturated heterocycles. The van der Waals surface area contributed by atoms with Crippen LogP contribution in [0.15, 0.2) is 66.8 Å². The summed E-state index contributed by atoms with van der Waals surface area (Å²) in [5.74, 6) is -0.379. The summed E-state index contributed by atoms with van der Waals surface area (Å²) in [7, 11) is 0. The maximum Gasteiger partial charge on any atom is 0.145 e. The van der Waals surface area contributed by atoms with Crippen LogP contribution in [-0.2, 0) is 11.2 Å². The lowest BCUT2D eigenvalue weighted by atomic mass is 9.86. The summed E-state index contributed by atoms with van der Waals surface area (Å²) in [6.45, 7) is 5.83. The Labute approximate surface area is 192 Å². The third-order valence-electron chi connectivity index (χ3n) is 6.92. The molecule has 0 bridgehead atoms. The Balaban J connectivity index is 1.61. The number of benzene rings is 2. The Morgan fingerprint density at radius 1 is 1.09 bits per heavy atom. The fourth-order valence-corrected chi connectivity index (χ4v) is 4.75. The van der Waals surface area contributed by atoms with Crippen molar-refractivity contribution in [3.8, 4) is 0 Å². The minimum absolute atomic E-state index is 0.116. The van der Waals surface area contributed by atoms with Crippen molar-refractivity contribution in [3.63, 3.8) is 0 Å². The summed E-state index contributed by atoms with van der Waals surface area (Å²) in [5, 5.41) is 23.8. The number of unbranched alkanes of at least 4 members (excludes halogenated alkanes) is 2. The van der Waals surface area contributed by atoms with Crippen LogP contribution in [0.3, 0.4) is 0 Å². The quantitative estimate of drug-likeness (QED) is 0.355. The molecular weight excluding hydrogens is 396 g/mol. The summed E-state index contributed by atoms with van der Waals surface area (Å²) >= 11 is 0. The van der Waals surface area contributed by atoms with Gasteiger partial charge in [0.2, 0.25) is 0 Å². The average molecular weight is 435 g/mol. The lowest BCUT2D eigenvalue weighted by Gasteiger charge is -2.22. The van der Waals surface area contributed by atoms with Crippen LogP contribution in [0.5, 0.6) is 0 Å². The van der Waals surface area contributed by atoms with E-state index >= 15 is 0 Å². The molecule has 2 N–H and O–H groups in total. The van der Waals surface area contributed by atoms with Gasteiger partial charge in [0, 0.05) is 11.8 Å². The number of aryl methyl sites for hydroxylation is 1. The van der Waals surface area contributed by atoms with Gasteiger partial charge in [-0.15, -0.1) is 0 Å². The zero-order valence-electron chi connectivity index (χ0n) is 19.7. The number of Topliss-reactive ketones (excluding diaryl/α,β-unsaturated/α-hetero) is 1. The Morgan fingerprint density at radius 2 is 1.84 bits per heavy atom. The largest absolute Gasteiger partial charge is 0.391 e. The van der Waals surface area contributed by atoms with Crippen molar-refractivity contribution >= 4 is 16.6 Å². The summed E-state index contributed by atoms with van der Waals surface area (Å²) in [6, 6.07) is 14.7. The highest BCUT2D eigenvalue weighted by Crippen LogP contribution is 2.44. The molecule has 172 valence electrons. The third kappa shape index (κ3) is 5.76. The van der Waals surface area contributed by atoms with Crippen molar-refractivity contribution in [2.75, 3.05) is 0 Å². The van der Waals surface area contributed by atoms with Crippen molar-refractivity contribution in [3.05, 3.63) is 72.3 Å². The van der Waals surface area contributed by atoms with E-state index < -0.39 is 17.6 Å². The van der Waals surface area contributed by atoms with Crippen LogP contribution in [0, 0.1) is 17.3 Å². The van der Waals surface area contributed by atoms with Gasteiger partial charge in [-0.25, -0.2) is 0 Å². The van der Waals surface area contributed by atoms with Crippen molar-refractivity contribution in [2.45, 2.75) is 71.5 Å². The Kier molecular flexibility index (Phi) is 8.44. The van der Waals surface area contributed by atoms with Crippen LogP contribution in [-0.4, -0.2) is 28.2 Å². The minimum atomic E-state index is -0.757. The van der Waals surface area contributed by atoms with Crippen molar-refractivity contribution in [1.82, 2.24) is 0 Å². The number of carbonyl (C=O) groups excluding carboxylic acids is 1. The second kappa shape index (κ2) is 11.1. The predicted molar refractivity (Wildman–Crippen MR) is 132 cm³/mol. The summed E-state index contributed by atoms with van der Waals surface area (Å²) in [6.07, 6.45) is 11.9. The molecular formula is C29H38O3.